The van der Waals surface area contributed by atoms with Crippen LogP contribution < -0.4 is 0 Å². The van der Waals surface area contributed by atoms with Gasteiger partial charge in [-0.15, -0.1) is 0 Å². The minimum atomic E-state index is -3.73. The van der Waals surface area contributed by atoms with Crippen molar-refractivity contribution in [3.63, 3.8) is 0 Å². The Morgan fingerprint density at radius 3 is 2.00 bits per heavy atom. The van der Waals surface area contributed by atoms with Gasteiger partial charge in [-0.1, -0.05) is 60.7 Å². The van der Waals surface area contributed by atoms with Crippen molar-refractivity contribution in [3.8, 4) is 0 Å². The van der Waals surface area contributed by atoms with Gasteiger partial charge in [0.05, 0.1) is 11.0 Å². The van der Waals surface area contributed by atoms with E-state index in [-0.39, 0.29) is 4.91 Å². The lowest BCUT2D eigenvalue weighted by Crippen LogP contribution is -2.14. The van der Waals surface area contributed by atoms with E-state index in [1.165, 1.54) is 0 Å². The predicted octanol–water partition coefficient (Wildman–Crippen LogP) is 2.57. The second-order valence-corrected chi connectivity index (χ2v) is 6.49. The third kappa shape index (κ3) is 1.98. The molecule has 20 heavy (non-hydrogen) atoms. The maximum Gasteiger partial charge on any atom is 0.194 e. The molecule has 2 aromatic rings. The lowest BCUT2D eigenvalue weighted by molar-refractivity contribution is -0.114. The maximum absolute atomic E-state index is 12.6. The van der Waals surface area contributed by atoms with Gasteiger partial charge in [-0.05, 0) is 11.1 Å². The molecule has 1 aliphatic heterocycles. The molecule has 3 rings (SSSR count). The van der Waals surface area contributed by atoms with Gasteiger partial charge in [-0.3, -0.25) is 4.79 Å². The highest BCUT2D eigenvalue weighted by Crippen LogP contribution is 2.39. The summed E-state index contributed by atoms with van der Waals surface area (Å²) in [5.74, 6) is -0.505. The lowest BCUT2D eigenvalue weighted by atomic mass is 10.1. The minimum Gasteiger partial charge on any atom is -0.292 e. The van der Waals surface area contributed by atoms with Crippen molar-refractivity contribution in [2.75, 3.05) is 0 Å². The Hall–Kier alpha value is -2.20. The summed E-state index contributed by atoms with van der Waals surface area (Å²) in [6.45, 7) is 0. The van der Waals surface area contributed by atoms with Gasteiger partial charge < -0.3 is 0 Å². The van der Waals surface area contributed by atoms with Crippen molar-refractivity contribution in [2.24, 2.45) is 0 Å². The number of hydrogen-bond acceptors (Lipinski definition) is 3. The number of Topliss-reactive ketones (excluding diaryl/α,β-unsaturated/α-hetero) is 1. The smallest absolute Gasteiger partial charge is 0.194 e. The first-order valence-electron chi connectivity index (χ1n) is 6.13. The van der Waals surface area contributed by atoms with Crippen molar-refractivity contribution in [1.29, 1.82) is 0 Å². The van der Waals surface area contributed by atoms with Gasteiger partial charge in [0.1, 0.15) is 0 Å². The van der Waals surface area contributed by atoms with Crippen LogP contribution in [0.1, 0.15) is 16.4 Å². The zero-order valence-corrected chi connectivity index (χ0v) is 11.3. The largest absolute Gasteiger partial charge is 0.292 e. The number of carbonyl (C=O) groups excluding carboxylic acids is 1. The molecule has 0 aromatic heterocycles. The second-order valence-electron chi connectivity index (χ2n) is 4.52. The molecule has 0 spiro atoms. The van der Waals surface area contributed by atoms with Crippen LogP contribution in [0.5, 0.6) is 0 Å². The van der Waals surface area contributed by atoms with E-state index in [4.69, 9.17) is 0 Å². The SMILES string of the molecule is O=C1[C]=C(c2ccccc2)S(=O)(=O)C1c1ccccc1. The standard InChI is InChI=1S/C16H11O3S/c17-14-11-15(12-7-3-1-4-8-12)20(18,19)16(14)13-9-5-2-6-10-13/h1-10,16H. The number of rotatable bonds is 2. The van der Waals surface area contributed by atoms with Gasteiger partial charge in [-0.2, -0.15) is 0 Å². The summed E-state index contributed by atoms with van der Waals surface area (Å²) in [4.78, 5) is 12.0. The highest BCUT2D eigenvalue weighted by atomic mass is 32.2. The van der Waals surface area contributed by atoms with Gasteiger partial charge in [0, 0.05) is 0 Å². The fraction of sp³-hybridized carbons (Fsp3) is 0.0625. The average molecular weight is 283 g/mol. The quantitative estimate of drug-likeness (QED) is 0.851. The normalized spacial score (nSPS) is 20.7. The molecule has 2 aromatic carbocycles. The third-order valence-electron chi connectivity index (χ3n) is 3.21. The number of benzene rings is 2. The van der Waals surface area contributed by atoms with Crippen LogP contribution in [0.15, 0.2) is 60.7 Å². The molecule has 1 unspecified atom stereocenters. The number of sulfone groups is 1. The summed E-state index contributed by atoms with van der Waals surface area (Å²) in [6, 6.07) is 17.1. The molecule has 0 fully saturated rings. The Morgan fingerprint density at radius 1 is 0.850 bits per heavy atom. The average Bonchev–Trinajstić information content (AvgIpc) is 2.70. The summed E-state index contributed by atoms with van der Waals surface area (Å²) in [7, 11) is -3.73. The van der Waals surface area contributed by atoms with Crippen LogP contribution in [0.2, 0.25) is 0 Å². The summed E-state index contributed by atoms with van der Waals surface area (Å²) < 4.78 is 25.2. The molecule has 0 N–H and O–H groups in total. The topological polar surface area (TPSA) is 51.2 Å². The molecule has 0 saturated carbocycles. The number of carbonyl (C=O) groups is 1. The zero-order chi connectivity index (χ0) is 14.2. The Labute approximate surface area is 117 Å². The highest BCUT2D eigenvalue weighted by molar-refractivity contribution is 8.02. The molecule has 1 heterocycles. The van der Waals surface area contributed by atoms with E-state index in [0.29, 0.717) is 11.1 Å². The Morgan fingerprint density at radius 2 is 1.40 bits per heavy atom. The highest BCUT2D eigenvalue weighted by Gasteiger charge is 2.42. The van der Waals surface area contributed by atoms with E-state index in [2.05, 4.69) is 6.08 Å². The van der Waals surface area contributed by atoms with Gasteiger partial charge in [0.2, 0.25) is 0 Å². The fourth-order valence-electron chi connectivity index (χ4n) is 2.29. The zero-order valence-electron chi connectivity index (χ0n) is 10.5. The minimum absolute atomic E-state index is 0.0167. The Bertz CT molecular complexity index is 775. The van der Waals surface area contributed by atoms with Crippen LogP contribution >= 0.6 is 0 Å². The van der Waals surface area contributed by atoms with E-state index >= 15 is 0 Å². The first kappa shape index (κ1) is 12.8. The molecule has 1 atom stereocenters. The first-order valence-corrected chi connectivity index (χ1v) is 7.67. The molecule has 0 aliphatic carbocycles. The van der Waals surface area contributed by atoms with Crippen LogP contribution in [-0.2, 0) is 14.6 Å². The lowest BCUT2D eigenvalue weighted by Gasteiger charge is -2.10. The predicted molar refractivity (Wildman–Crippen MR) is 76.2 cm³/mol. The molecule has 4 heteroatoms. The van der Waals surface area contributed by atoms with Crippen molar-refractivity contribution in [1.82, 2.24) is 0 Å². The van der Waals surface area contributed by atoms with Crippen LogP contribution in [0.4, 0.5) is 0 Å². The summed E-state index contributed by atoms with van der Waals surface area (Å²) in [5, 5.41) is -1.17. The van der Waals surface area contributed by atoms with Crippen molar-refractivity contribution >= 4 is 20.5 Å². The van der Waals surface area contributed by atoms with E-state index in [1.54, 1.807) is 60.7 Å². The number of ketones is 1. The Kier molecular flexibility index (Phi) is 3.03. The van der Waals surface area contributed by atoms with Crippen LogP contribution in [-0.4, -0.2) is 14.2 Å². The number of allylic oxidation sites excluding steroid dienone is 1. The molecular formula is C16H11O3S. The third-order valence-corrected chi connectivity index (χ3v) is 5.22. The second kappa shape index (κ2) is 4.72. The Balaban J connectivity index is 2.11. The maximum atomic E-state index is 12.6. The molecule has 0 bridgehead atoms. The van der Waals surface area contributed by atoms with E-state index in [0.717, 1.165) is 0 Å². The molecule has 1 aliphatic rings. The van der Waals surface area contributed by atoms with Crippen molar-refractivity contribution < 1.29 is 13.2 Å². The van der Waals surface area contributed by atoms with Gasteiger partial charge >= 0.3 is 0 Å². The molecule has 0 saturated heterocycles. The molecular weight excluding hydrogens is 272 g/mol. The first-order chi connectivity index (χ1) is 9.60. The molecule has 3 nitrogen and oxygen atoms in total. The number of hydrogen-bond donors (Lipinski definition) is 0. The summed E-state index contributed by atoms with van der Waals surface area (Å²) in [6.07, 6.45) is 2.50. The fourth-order valence-corrected chi connectivity index (χ4v) is 4.09. The summed E-state index contributed by atoms with van der Waals surface area (Å²) >= 11 is 0. The van der Waals surface area contributed by atoms with Gasteiger partial charge in [0.25, 0.3) is 0 Å². The van der Waals surface area contributed by atoms with Crippen molar-refractivity contribution in [2.45, 2.75) is 5.25 Å². The molecule has 99 valence electrons. The van der Waals surface area contributed by atoms with Crippen LogP contribution in [0, 0.1) is 6.08 Å². The van der Waals surface area contributed by atoms with Crippen LogP contribution in [0.25, 0.3) is 4.91 Å². The molecule has 0 amide bonds. The van der Waals surface area contributed by atoms with Crippen molar-refractivity contribution in [3.05, 3.63) is 77.9 Å². The van der Waals surface area contributed by atoms with Gasteiger partial charge in [0.15, 0.2) is 20.9 Å². The van der Waals surface area contributed by atoms with E-state index < -0.39 is 20.9 Å². The monoisotopic (exact) mass is 283 g/mol. The van der Waals surface area contributed by atoms with Gasteiger partial charge in [-0.25, -0.2) is 8.42 Å². The van der Waals surface area contributed by atoms with E-state index in [9.17, 15) is 13.2 Å². The van der Waals surface area contributed by atoms with E-state index in [1.807, 2.05) is 0 Å². The van der Waals surface area contributed by atoms with Crippen LogP contribution in [0.3, 0.4) is 0 Å². The summed E-state index contributed by atoms with van der Waals surface area (Å²) in [5.41, 5.74) is 0.982. The molecule has 1 radical (unpaired) electrons.